The summed E-state index contributed by atoms with van der Waals surface area (Å²) in [6, 6.07) is 6.38. The Kier molecular flexibility index (Phi) is 3.83. The van der Waals surface area contributed by atoms with Crippen molar-refractivity contribution in [2.75, 3.05) is 42.3 Å². The Morgan fingerprint density at radius 2 is 1.95 bits per heavy atom. The molecule has 6 nitrogen and oxygen atoms in total. The highest BCUT2D eigenvalue weighted by atomic mass is 19.1. The number of halogens is 1. The highest BCUT2D eigenvalue weighted by Gasteiger charge is 2.18. The van der Waals surface area contributed by atoms with Gasteiger partial charge in [0.2, 0.25) is 0 Å². The molecule has 0 unspecified atom stereocenters. The van der Waals surface area contributed by atoms with Gasteiger partial charge in [0.25, 0.3) is 0 Å². The molecule has 2 aromatic rings. The molecule has 2 heterocycles. The van der Waals surface area contributed by atoms with Crippen molar-refractivity contribution in [2.45, 2.75) is 0 Å². The SMILES string of the molecule is Nc1c(Nc2ccccc2F)ncnc1N1CCOCC1. The maximum absolute atomic E-state index is 13.7. The molecule has 21 heavy (non-hydrogen) atoms. The van der Waals surface area contributed by atoms with Gasteiger partial charge in [0.15, 0.2) is 11.6 Å². The number of para-hydroxylation sites is 1. The van der Waals surface area contributed by atoms with E-state index in [0.29, 0.717) is 36.2 Å². The van der Waals surface area contributed by atoms with E-state index in [0.717, 1.165) is 13.1 Å². The summed E-state index contributed by atoms with van der Waals surface area (Å²) >= 11 is 0. The first-order valence-electron chi connectivity index (χ1n) is 6.70. The Morgan fingerprint density at radius 1 is 1.19 bits per heavy atom. The van der Waals surface area contributed by atoms with Crippen LogP contribution in [0.1, 0.15) is 0 Å². The predicted octanol–water partition coefficient (Wildman–Crippen LogP) is 1.78. The van der Waals surface area contributed by atoms with Gasteiger partial charge in [-0.3, -0.25) is 0 Å². The number of rotatable bonds is 3. The summed E-state index contributed by atoms with van der Waals surface area (Å²) in [4.78, 5) is 10.4. The van der Waals surface area contributed by atoms with E-state index in [2.05, 4.69) is 15.3 Å². The molecule has 1 fully saturated rings. The van der Waals surface area contributed by atoms with Gasteiger partial charge in [-0.15, -0.1) is 0 Å². The smallest absolute Gasteiger partial charge is 0.159 e. The number of hydrogen-bond acceptors (Lipinski definition) is 6. The minimum absolute atomic E-state index is 0.329. The average molecular weight is 289 g/mol. The second kappa shape index (κ2) is 5.92. The van der Waals surface area contributed by atoms with Crippen LogP contribution in [0.2, 0.25) is 0 Å². The number of nitrogens with one attached hydrogen (secondary N) is 1. The van der Waals surface area contributed by atoms with Gasteiger partial charge >= 0.3 is 0 Å². The average Bonchev–Trinajstić information content (AvgIpc) is 2.52. The summed E-state index contributed by atoms with van der Waals surface area (Å²) in [6.45, 7) is 2.72. The van der Waals surface area contributed by atoms with Crippen LogP contribution in [-0.4, -0.2) is 36.3 Å². The number of nitrogen functional groups attached to an aromatic ring is 1. The minimum Gasteiger partial charge on any atom is -0.393 e. The molecule has 0 aliphatic carbocycles. The van der Waals surface area contributed by atoms with Crippen molar-refractivity contribution in [1.82, 2.24) is 9.97 Å². The molecule has 1 aliphatic heterocycles. The Labute approximate surface area is 121 Å². The van der Waals surface area contributed by atoms with Crippen LogP contribution in [0.3, 0.4) is 0 Å². The Hall–Kier alpha value is -2.41. The maximum Gasteiger partial charge on any atom is 0.159 e. The maximum atomic E-state index is 13.7. The molecule has 0 saturated carbocycles. The zero-order valence-electron chi connectivity index (χ0n) is 11.4. The highest BCUT2D eigenvalue weighted by molar-refractivity contribution is 5.78. The first-order valence-corrected chi connectivity index (χ1v) is 6.70. The van der Waals surface area contributed by atoms with Crippen LogP contribution in [0, 0.1) is 5.82 Å². The number of ether oxygens (including phenoxy) is 1. The summed E-state index contributed by atoms with van der Waals surface area (Å²) < 4.78 is 19.0. The van der Waals surface area contributed by atoms with E-state index in [1.807, 2.05) is 4.90 Å². The molecule has 1 aromatic heterocycles. The van der Waals surface area contributed by atoms with Gasteiger partial charge in [-0.2, -0.15) is 0 Å². The Bertz CT molecular complexity index is 631. The molecule has 1 aliphatic rings. The topological polar surface area (TPSA) is 76.3 Å². The van der Waals surface area contributed by atoms with E-state index in [9.17, 15) is 4.39 Å². The van der Waals surface area contributed by atoms with E-state index < -0.39 is 0 Å². The van der Waals surface area contributed by atoms with Crippen molar-refractivity contribution in [2.24, 2.45) is 0 Å². The van der Waals surface area contributed by atoms with E-state index in [1.165, 1.54) is 12.4 Å². The molecular formula is C14H16FN5O. The molecule has 110 valence electrons. The largest absolute Gasteiger partial charge is 0.393 e. The fraction of sp³-hybridized carbons (Fsp3) is 0.286. The third-order valence-corrected chi connectivity index (χ3v) is 3.30. The number of morpholine rings is 1. The number of aromatic nitrogens is 2. The van der Waals surface area contributed by atoms with E-state index in [4.69, 9.17) is 10.5 Å². The van der Waals surface area contributed by atoms with Crippen molar-refractivity contribution in [3.8, 4) is 0 Å². The van der Waals surface area contributed by atoms with Gasteiger partial charge in [0, 0.05) is 13.1 Å². The van der Waals surface area contributed by atoms with Gasteiger partial charge in [0.1, 0.15) is 17.8 Å². The van der Waals surface area contributed by atoms with Gasteiger partial charge in [-0.1, -0.05) is 12.1 Å². The first-order chi connectivity index (χ1) is 10.3. The lowest BCUT2D eigenvalue weighted by atomic mass is 10.3. The Morgan fingerprint density at radius 3 is 2.71 bits per heavy atom. The van der Waals surface area contributed by atoms with Crippen LogP contribution in [-0.2, 0) is 4.74 Å². The van der Waals surface area contributed by atoms with Crippen LogP contribution in [0.25, 0.3) is 0 Å². The Balaban J connectivity index is 1.88. The van der Waals surface area contributed by atoms with Crippen molar-refractivity contribution in [1.29, 1.82) is 0 Å². The number of hydrogen-bond donors (Lipinski definition) is 2. The minimum atomic E-state index is -0.358. The fourth-order valence-electron chi connectivity index (χ4n) is 2.20. The molecule has 7 heteroatoms. The van der Waals surface area contributed by atoms with Crippen LogP contribution in [0.5, 0.6) is 0 Å². The molecule has 3 rings (SSSR count). The molecule has 0 spiro atoms. The number of nitrogens with two attached hydrogens (primary N) is 1. The molecule has 1 aromatic carbocycles. The normalized spacial score (nSPS) is 15.0. The molecule has 1 saturated heterocycles. The van der Waals surface area contributed by atoms with Crippen molar-refractivity contribution in [3.63, 3.8) is 0 Å². The van der Waals surface area contributed by atoms with Gasteiger partial charge in [-0.25, -0.2) is 14.4 Å². The number of anilines is 4. The van der Waals surface area contributed by atoms with Crippen LogP contribution in [0.4, 0.5) is 27.4 Å². The second-order valence-electron chi connectivity index (χ2n) is 4.66. The van der Waals surface area contributed by atoms with Crippen LogP contribution < -0.4 is 16.0 Å². The molecule has 0 bridgehead atoms. The predicted molar refractivity (Wildman–Crippen MR) is 79.2 cm³/mol. The van der Waals surface area contributed by atoms with Crippen LogP contribution in [0.15, 0.2) is 30.6 Å². The number of benzene rings is 1. The zero-order chi connectivity index (χ0) is 14.7. The summed E-state index contributed by atoms with van der Waals surface area (Å²) in [7, 11) is 0. The van der Waals surface area contributed by atoms with Gasteiger partial charge in [-0.05, 0) is 12.1 Å². The number of nitrogens with zero attached hydrogens (tertiary/aromatic N) is 3. The third-order valence-electron chi connectivity index (χ3n) is 3.30. The quantitative estimate of drug-likeness (QED) is 0.897. The third kappa shape index (κ3) is 2.87. The van der Waals surface area contributed by atoms with Crippen LogP contribution >= 0.6 is 0 Å². The van der Waals surface area contributed by atoms with Crippen molar-refractivity contribution < 1.29 is 9.13 Å². The fourth-order valence-corrected chi connectivity index (χ4v) is 2.20. The van der Waals surface area contributed by atoms with Gasteiger partial charge < -0.3 is 20.7 Å². The molecule has 0 amide bonds. The van der Waals surface area contributed by atoms with Crippen molar-refractivity contribution >= 4 is 23.0 Å². The van der Waals surface area contributed by atoms with Crippen molar-refractivity contribution in [3.05, 3.63) is 36.4 Å². The lowest BCUT2D eigenvalue weighted by Gasteiger charge is -2.29. The lowest BCUT2D eigenvalue weighted by Crippen LogP contribution is -2.37. The molecule has 0 radical (unpaired) electrons. The standard InChI is InChI=1S/C14H16FN5O/c15-10-3-1-2-4-11(10)19-13-12(16)14(18-9-17-13)20-5-7-21-8-6-20/h1-4,9H,5-8,16H2,(H,17,18,19). The molecular weight excluding hydrogens is 273 g/mol. The van der Waals surface area contributed by atoms with E-state index in [-0.39, 0.29) is 5.82 Å². The summed E-state index contributed by atoms with van der Waals surface area (Å²) in [5.74, 6) is 0.687. The summed E-state index contributed by atoms with van der Waals surface area (Å²) in [5, 5.41) is 2.91. The summed E-state index contributed by atoms with van der Waals surface area (Å²) in [6.07, 6.45) is 1.42. The summed E-state index contributed by atoms with van der Waals surface area (Å²) in [5.41, 5.74) is 6.85. The van der Waals surface area contributed by atoms with Gasteiger partial charge in [0.05, 0.1) is 18.9 Å². The zero-order valence-corrected chi connectivity index (χ0v) is 11.4. The monoisotopic (exact) mass is 289 g/mol. The highest BCUT2D eigenvalue weighted by Crippen LogP contribution is 2.29. The molecule has 3 N–H and O–H groups in total. The first kappa shape index (κ1) is 13.6. The molecule has 0 atom stereocenters. The second-order valence-corrected chi connectivity index (χ2v) is 4.66. The lowest BCUT2D eigenvalue weighted by molar-refractivity contribution is 0.122. The van der Waals surface area contributed by atoms with E-state index >= 15 is 0 Å². The van der Waals surface area contributed by atoms with E-state index in [1.54, 1.807) is 18.2 Å².